The summed E-state index contributed by atoms with van der Waals surface area (Å²) < 4.78 is 8.44. The van der Waals surface area contributed by atoms with Crippen LogP contribution in [0.4, 0.5) is 0 Å². The quantitative estimate of drug-likeness (QED) is 0.122. The molecule has 4 amide bonds. The number of hydrogen-bond donors (Lipinski definition) is 3. The van der Waals surface area contributed by atoms with Gasteiger partial charge in [0.15, 0.2) is 0 Å². The molecule has 2 aromatic heterocycles. The number of aryl methyl sites for hydroxylation is 1. The number of fused-ring (bicyclic) bond motifs is 6. The van der Waals surface area contributed by atoms with Gasteiger partial charge in [0.1, 0.15) is 29.9 Å². The first-order chi connectivity index (χ1) is 31.7. The van der Waals surface area contributed by atoms with Crippen LogP contribution in [0.3, 0.4) is 0 Å². The number of aromatic hydroxyl groups is 1. The molecule has 0 spiro atoms. The molecule has 2 aromatic carbocycles. The number of amides is 4. The Bertz CT molecular complexity index is 2530. The number of hydrogen-bond acceptors (Lipinski definition) is 10. The molecule has 1 unspecified atom stereocenters. The highest BCUT2D eigenvalue weighted by Gasteiger charge is 2.44. The number of hydrazine groups is 1. The molecule has 15 heteroatoms. The Balaban J connectivity index is 1.27. The molecule has 3 aliphatic rings. The van der Waals surface area contributed by atoms with Crippen molar-refractivity contribution in [3.8, 4) is 28.1 Å². The fraction of sp³-hybridized carbons (Fsp3) is 0.538. The fourth-order valence-corrected chi connectivity index (χ4v) is 10.0. The Kier molecular flexibility index (Phi) is 14.5. The Labute approximate surface area is 395 Å². The van der Waals surface area contributed by atoms with Crippen LogP contribution in [0.1, 0.15) is 97.9 Å². The number of nitrogens with one attached hydrogen (secondary N) is 2. The smallest absolute Gasteiger partial charge is 0.324 e. The first-order valence-electron chi connectivity index (χ1n) is 23.9. The third kappa shape index (κ3) is 10.5. The summed E-state index contributed by atoms with van der Waals surface area (Å²) in [5.41, 5.74) is 10.0. The van der Waals surface area contributed by atoms with Gasteiger partial charge in [-0.1, -0.05) is 53.7 Å². The molecule has 5 heterocycles. The van der Waals surface area contributed by atoms with Crippen LogP contribution in [0, 0.1) is 11.3 Å². The summed E-state index contributed by atoms with van der Waals surface area (Å²) >= 11 is 0. The highest BCUT2D eigenvalue weighted by molar-refractivity contribution is 5.96. The maximum Gasteiger partial charge on any atom is 0.324 e. The number of carbonyl (C=O) groups is 5. The third-order valence-electron chi connectivity index (χ3n) is 13.5. The standard InChI is InChI=1S/C52H70N8O7/c1-12-58-42-18-17-34-25-38(42)39(47(58)37-15-13-19-53-45(37)30(2)3)26-52(8,9)29-67-51(66)40-16-14-20-60(55-40)49(64)41(23-33-21-35(34)24-36(61)22-33)54-48(63)46(31(4)5)57(11)44(62)28-56(10)50(65)43-27-59(43)32(6)7/h13,15,17-19,21-22,24-25,30-32,40-41,43,46,55,61H,12,14,16,20,23,26-29H2,1-11H3,(H,54,63)/t40-,41-,43+,46-,59?/m0/s1. The number of phenols is 1. The van der Waals surface area contributed by atoms with Gasteiger partial charge in [0.2, 0.25) is 17.7 Å². The van der Waals surface area contributed by atoms with Crippen molar-refractivity contribution < 1.29 is 33.8 Å². The summed E-state index contributed by atoms with van der Waals surface area (Å²) in [6.07, 6.45) is 3.36. The zero-order chi connectivity index (χ0) is 48.6. The maximum atomic E-state index is 14.7. The summed E-state index contributed by atoms with van der Waals surface area (Å²) in [7, 11) is 3.13. The van der Waals surface area contributed by atoms with Crippen LogP contribution in [0.25, 0.3) is 33.3 Å². The molecule has 6 bridgehead atoms. The molecule has 2 saturated heterocycles. The first kappa shape index (κ1) is 49.1. The van der Waals surface area contributed by atoms with E-state index in [-0.39, 0.29) is 61.7 Å². The van der Waals surface area contributed by atoms with E-state index in [1.807, 2.05) is 57.0 Å². The summed E-state index contributed by atoms with van der Waals surface area (Å²) in [6, 6.07) is 12.6. The number of aromatic nitrogens is 2. The maximum absolute atomic E-state index is 14.7. The van der Waals surface area contributed by atoms with Gasteiger partial charge in [0.25, 0.3) is 5.91 Å². The molecule has 0 saturated carbocycles. The Hall–Kier alpha value is -5.80. The number of pyridine rings is 1. The number of phenolic OH excluding ortho intramolecular Hbond substituents is 1. The second-order valence-corrected chi connectivity index (χ2v) is 20.5. The van der Waals surface area contributed by atoms with Gasteiger partial charge in [0, 0.05) is 74.3 Å². The zero-order valence-corrected chi connectivity index (χ0v) is 41.2. The van der Waals surface area contributed by atoms with Gasteiger partial charge in [-0.05, 0) is 111 Å². The molecule has 2 fully saturated rings. The summed E-state index contributed by atoms with van der Waals surface area (Å²) in [6.45, 7) is 19.8. The molecule has 4 aromatic rings. The van der Waals surface area contributed by atoms with Crippen LogP contribution in [-0.4, -0.2) is 135 Å². The monoisotopic (exact) mass is 919 g/mol. The number of carbonyl (C=O) groups excluding carboxylic acids is 5. The lowest BCUT2D eigenvalue weighted by atomic mass is 9.83. The Morgan fingerprint density at radius 2 is 1.76 bits per heavy atom. The molecule has 7 rings (SSSR count). The highest BCUT2D eigenvalue weighted by Crippen LogP contribution is 2.42. The normalized spacial score (nSPS) is 21.3. The van der Waals surface area contributed by atoms with Crippen LogP contribution in [-0.2, 0) is 48.1 Å². The van der Waals surface area contributed by atoms with E-state index >= 15 is 0 Å². The summed E-state index contributed by atoms with van der Waals surface area (Å²) in [4.78, 5) is 79.7. The first-order valence-corrected chi connectivity index (χ1v) is 23.9. The minimum absolute atomic E-state index is 0.00434. The zero-order valence-electron chi connectivity index (χ0n) is 41.2. The predicted molar refractivity (Wildman–Crippen MR) is 259 cm³/mol. The van der Waals surface area contributed by atoms with E-state index in [4.69, 9.17) is 9.72 Å². The van der Waals surface area contributed by atoms with E-state index < -0.39 is 47.2 Å². The minimum atomic E-state index is -1.17. The van der Waals surface area contributed by atoms with Gasteiger partial charge in [-0.25, -0.2) is 5.43 Å². The fourth-order valence-electron chi connectivity index (χ4n) is 10.0. The molecular weight excluding hydrogens is 849 g/mol. The van der Waals surface area contributed by atoms with Crippen molar-refractivity contribution in [1.82, 2.24) is 40.0 Å². The van der Waals surface area contributed by atoms with Crippen LogP contribution >= 0.6 is 0 Å². The lowest BCUT2D eigenvalue weighted by molar-refractivity contribution is -0.155. The van der Waals surface area contributed by atoms with Crippen molar-refractivity contribution in [2.24, 2.45) is 11.3 Å². The van der Waals surface area contributed by atoms with E-state index in [0.29, 0.717) is 37.9 Å². The molecular formula is C52H70N8O7. The van der Waals surface area contributed by atoms with Crippen molar-refractivity contribution >= 4 is 40.5 Å². The van der Waals surface area contributed by atoms with Crippen molar-refractivity contribution in [1.29, 1.82) is 0 Å². The number of likely N-dealkylation sites (N-methyl/N-ethyl adjacent to an activating group) is 2. The number of cyclic esters (lactones) is 1. The minimum Gasteiger partial charge on any atom is -0.508 e. The third-order valence-corrected chi connectivity index (χ3v) is 13.5. The number of rotatable bonds is 11. The second-order valence-electron chi connectivity index (χ2n) is 20.5. The largest absolute Gasteiger partial charge is 0.508 e. The van der Waals surface area contributed by atoms with Gasteiger partial charge in [0.05, 0.1) is 24.5 Å². The molecule has 3 N–H and O–H groups in total. The van der Waals surface area contributed by atoms with E-state index in [0.717, 1.165) is 44.5 Å². The van der Waals surface area contributed by atoms with E-state index in [9.17, 15) is 29.1 Å². The van der Waals surface area contributed by atoms with Gasteiger partial charge in [-0.3, -0.25) is 38.9 Å². The Morgan fingerprint density at radius 1 is 1.01 bits per heavy atom. The average molecular weight is 919 g/mol. The number of ether oxygens (including phenoxy) is 1. The molecule has 67 heavy (non-hydrogen) atoms. The lowest BCUT2D eigenvalue weighted by Crippen LogP contribution is -2.62. The van der Waals surface area contributed by atoms with Crippen molar-refractivity contribution in [3.63, 3.8) is 0 Å². The highest BCUT2D eigenvalue weighted by atomic mass is 16.5. The van der Waals surface area contributed by atoms with E-state index in [1.54, 1.807) is 26.2 Å². The lowest BCUT2D eigenvalue weighted by Gasteiger charge is -2.37. The van der Waals surface area contributed by atoms with Crippen molar-refractivity contribution in [3.05, 3.63) is 71.5 Å². The number of nitrogens with zero attached hydrogens (tertiary/aromatic N) is 6. The number of esters is 1. The molecule has 360 valence electrons. The van der Waals surface area contributed by atoms with Crippen LogP contribution in [0.2, 0.25) is 0 Å². The molecule has 15 nitrogen and oxygen atoms in total. The summed E-state index contributed by atoms with van der Waals surface area (Å²) in [5, 5.41) is 16.7. The Morgan fingerprint density at radius 3 is 2.43 bits per heavy atom. The van der Waals surface area contributed by atoms with E-state index in [2.05, 4.69) is 68.1 Å². The van der Waals surface area contributed by atoms with Gasteiger partial charge < -0.3 is 29.5 Å². The molecule has 0 radical (unpaired) electrons. The molecule has 0 aliphatic carbocycles. The van der Waals surface area contributed by atoms with Crippen LogP contribution in [0.5, 0.6) is 5.75 Å². The van der Waals surface area contributed by atoms with Crippen LogP contribution in [0.15, 0.2) is 54.7 Å². The molecule has 3 aliphatic heterocycles. The summed E-state index contributed by atoms with van der Waals surface area (Å²) in [5.74, 6) is -2.28. The van der Waals surface area contributed by atoms with E-state index in [1.165, 1.54) is 14.8 Å². The van der Waals surface area contributed by atoms with Gasteiger partial charge in [-0.15, -0.1) is 0 Å². The van der Waals surface area contributed by atoms with Gasteiger partial charge in [-0.2, -0.15) is 0 Å². The average Bonchev–Trinajstić information content (AvgIpc) is 4.04. The van der Waals surface area contributed by atoms with Crippen LogP contribution < -0.4 is 10.7 Å². The number of benzene rings is 2. The van der Waals surface area contributed by atoms with Crippen molar-refractivity contribution in [2.45, 2.75) is 131 Å². The molecule has 5 atom stereocenters. The SMILES string of the molecule is CCn1c(-c2cccnc2C(C)C)c2c3cc(ccc31)-c1cc(O)cc(c1)C[C@H](NC(=O)[C@H](C(C)C)N(C)C(=O)CN(C)C(=O)[C@H]1CN1C(C)C)C(=O)N1CCC[C@H](N1)C(=O)OCC(C)(C)C2. The second kappa shape index (κ2) is 19.8. The van der Waals surface area contributed by atoms with Crippen molar-refractivity contribution in [2.75, 3.05) is 40.3 Å². The predicted octanol–water partition coefficient (Wildman–Crippen LogP) is 5.90. The van der Waals surface area contributed by atoms with Gasteiger partial charge >= 0.3 is 5.97 Å². The topological polar surface area (TPSA) is 169 Å².